The molecule has 0 unspecified atom stereocenters. The largest absolute Gasteiger partial charge is 0.420 e. The Kier molecular flexibility index (Phi) is 3.86. The molecule has 0 aliphatic carbocycles. The van der Waals surface area contributed by atoms with Gasteiger partial charge in [0.05, 0.1) is 11.5 Å². The first-order valence-electron chi connectivity index (χ1n) is 7.88. The second-order valence-corrected chi connectivity index (χ2v) is 5.89. The van der Waals surface area contributed by atoms with Crippen molar-refractivity contribution in [2.24, 2.45) is 0 Å². The summed E-state index contributed by atoms with van der Waals surface area (Å²) in [5.41, 5.74) is 2.21. The lowest BCUT2D eigenvalue weighted by Gasteiger charge is -2.14. The summed E-state index contributed by atoms with van der Waals surface area (Å²) in [5.74, 6) is 1.60. The molecular formula is C18H18N4O. The van der Waals surface area contributed by atoms with Crippen molar-refractivity contribution in [2.45, 2.75) is 18.9 Å². The Hall–Kier alpha value is -2.53. The molecule has 0 bridgehead atoms. The van der Waals surface area contributed by atoms with E-state index in [4.69, 9.17) is 4.42 Å². The molecule has 0 amide bonds. The Balaban J connectivity index is 1.43. The number of likely N-dealkylation sites (tertiary alicyclic amines) is 1. The van der Waals surface area contributed by atoms with Gasteiger partial charge < -0.3 is 4.42 Å². The second-order valence-electron chi connectivity index (χ2n) is 5.89. The minimum absolute atomic E-state index is 0.316. The van der Waals surface area contributed by atoms with Gasteiger partial charge in [0, 0.05) is 25.5 Å². The van der Waals surface area contributed by atoms with Gasteiger partial charge in [0.2, 0.25) is 11.8 Å². The van der Waals surface area contributed by atoms with Crippen LogP contribution in [0, 0.1) is 0 Å². The molecule has 1 atom stereocenters. The van der Waals surface area contributed by atoms with E-state index < -0.39 is 0 Å². The van der Waals surface area contributed by atoms with Crippen molar-refractivity contribution >= 4 is 0 Å². The molecule has 1 aliphatic heterocycles. The number of pyridine rings is 1. The van der Waals surface area contributed by atoms with Crippen molar-refractivity contribution in [2.75, 3.05) is 13.1 Å². The van der Waals surface area contributed by atoms with E-state index in [0.717, 1.165) is 37.5 Å². The molecule has 0 saturated carbocycles. The van der Waals surface area contributed by atoms with Crippen molar-refractivity contribution < 1.29 is 4.42 Å². The molecule has 116 valence electrons. The topological polar surface area (TPSA) is 55.1 Å². The zero-order valence-electron chi connectivity index (χ0n) is 12.8. The maximum Gasteiger partial charge on any atom is 0.249 e. The normalized spacial score (nSPS) is 18.3. The van der Waals surface area contributed by atoms with Crippen LogP contribution < -0.4 is 0 Å². The lowest BCUT2D eigenvalue weighted by Crippen LogP contribution is -2.19. The van der Waals surface area contributed by atoms with E-state index in [1.807, 2.05) is 12.1 Å². The predicted molar refractivity (Wildman–Crippen MR) is 86.6 cm³/mol. The minimum atomic E-state index is 0.316. The van der Waals surface area contributed by atoms with Gasteiger partial charge in [0.1, 0.15) is 0 Å². The van der Waals surface area contributed by atoms with E-state index in [-0.39, 0.29) is 0 Å². The molecule has 5 heteroatoms. The number of hydrogen-bond acceptors (Lipinski definition) is 5. The molecule has 5 nitrogen and oxygen atoms in total. The standard InChI is InChI=1S/C18H18N4O/c1-2-5-14(6-3-1)12-22-10-8-16(13-22)18-21-20-17(23-18)15-7-4-9-19-11-15/h1-7,9,11,16H,8,10,12-13H2/t16-/m0/s1. The Labute approximate surface area is 135 Å². The van der Waals surface area contributed by atoms with Gasteiger partial charge in [-0.1, -0.05) is 30.3 Å². The van der Waals surface area contributed by atoms with E-state index >= 15 is 0 Å². The SMILES string of the molecule is c1ccc(CN2CC[C@H](c3nnc(-c4cccnc4)o3)C2)cc1. The van der Waals surface area contributed by atoms with Crippen LogP contribution >= 0.6 is 0 Å². The molecule has 4 rings (SSSR count). The summed E-state index contributed by atoms with van der Waals surface area (Å²) in [5, 5.41) is 8.41. The van der Waals surface area contributed by atoms with Gasteiger partial charge in [0.25, 0.3) is 0 Å². The van der Waals surface area contributed by atoms with Crippen molar-refractivity contribution in [3.63, 3.8) is 0 Å². The minimum Gasteiger partial charge on any atom is -0.420 e. The quantitative estimate of drug-likeness (QED) is 0.741. The fourth-order valence-corrected chi connectivity index (χ4v) is 3.02. The van der Waals surface area contributed by atoms with Crippen LogP contribution in [0.15, 0.2) is 59.3 Å². The van der Waals surface area contributed by atoms with Gasteiger partial charge >= 0.3 is 0 Å². The van der Waals surface area contributed by atoms with Crippen LogP contribution in [-0.4, -0.2) is 33.2 Å². The summed E-state index contributed by atoms with van der Waals surface area (Å²) in [6.45, 7) is 2.99. The van der Waals surface area contributed by atoms with Gasteiger partial charge in [-0.05, 0) is 30.7 Å². The van der Waals surface area contributed by atoms with E-state index in [1.54, 1.807) is 12.4 Å². The number of hydrogen-bond donors (Lipinski definition) is 0. The Morgan fingerprint density at radius 3 is 2.83 bits per heavy atom. The van der Waals surface area contributed by atoms with Crippen LogP contribution in [0.5, 0.6) is 0 Å². The summed E-state index contributed by atoms with van der Waals surface area (Å²) in [6.07, 6.45) is 4.54. The fourth-order valence-electron chi connectivity index (χ4n) is 3.02. The second kappa shape index (κ2) is 6.30. The molecule has 1 aromatic carbocycles. The molecule has 0 spiro atoms. The summed E-state index contributed by atoms with van der Waals surface area (Å²) >= 11 is 0. The van der Waals surface area contributed by atoms with Gasteiger partial charge in [-0.15, -0.1) is 10.2 Å². The molecule has 3 heterocycles. The first-order valence-corrected chi connectivity index (χ1v) is 7.88. The van der Waals surface area contributed by atoms with Crippen LogP contribution in [0.3, 0.4) is 0 Å². The molecule has 3 aromatic rings. The number of rotatable bonds is 4. The maximum atomic E-state index is 5.86. The third-order valence-electron chi connectivity index (χ3n) is 4.22. The third kappa shape index (κ3) is 3.14. The van der Waals surface area contributed by atoms with Gasteiger partial charge in [0.15, 0.2) is 0 Å². The Morgan fingerprint density at radius 2 is 2.00 bits per heavy atom. The zero-order valence-corrected chi connectivity index (χ0v) is 12.8. The van der Waals surface area contributed by atoms with Crippen LogP contribution in [0.4, 0.5) is 0 Å². The van der Waals surface area contributed by atoms with Crippen LogP contribution in [0.25, 0.3) is 11.5 Å². The molecule has 1 saturated heterocycles. The lowest BCUT2D eigenvalue weighted by atomic mass is 10.1. The number of aromatic nitrogens is 3. The zero-order chi connectivity index (χ0) is 15.5. The number of nitrogens with zero attached hydrogens (tertiary/aromatic N) is 4. The highest BCUT2D eigenvalue weighted by Crippen LogP contribution is 2.29. The van der Waals surface area contributed by atoms with Gasteiger partial charge in [-0.3, -0.25) is 9.88 Å². The predicted octanol–water partition coefficient (Wildman–Crippen LogP) is 3.12. The summed E-state index contributed by atoms with van der Waals surface area (Å²) in [6, 6.07) is 14.4. The first-order chi connectivity index (χ1) is 11.4. The highest BCUT2D eigenvalue weighted by Gasteiger charge is 2.28. The number of benzene rings is 1. The van der Waals surface area contributed by atoms with E-state index in [2.05, 4.69) is 50.4 Å². The van der Waals surface area contributed by atoms with E-state index in [0.29, 0.717) is 11.8 Å². The Morgan fingerprint density at radius 1 is 1.09 bits per heavy atom. The third-order valence-corrected chi connectivity index (χ3v) is 4.22. The smallest absolute Gasteiger partial charge is 0.249 e. The molecule has 0 radical (unpaired) electrons. The maximum absolute atomic E-state index is 5.86. The lowest BCUT2D eigenvalue weighted by molar-refractivity contribution is 0.320. The van der Waals surface area contributed by atoms with Crippen LogP contribution in [0.2, 0.25) is 0 Å². The molecule has 1 fully saturated rings. The average molecular weight is 306 g/mol. The molecular weight excluding hydrogens is 288 g/mol. The van der Waals surface area contributed by atoms with E-state index in [1.165, 1.54) is 5.56 Å². The summed E-state index contributed by atoms with van der Waals surface area (Å²) in [4.78, 5) is 6.53. The van der Waals surface area contributed by atoms with Gasteiger partial charge in [-0.2, -0.15) is 0 Å². The highest BCUT2D eigenvalue weighted by molar-refractivity contribution is 5.50. The van der Waals surface area contributed by atoms with E-state index in [9.17, 15) is 0 Å². The van der Waals surface area contributed by atoms with Crippen LogP contribution in [-0.2, 0) is 6.54 Å². The summed E-state index contributed by atoms with van der Waals surface area (Å²) < 4.78 is 5.86. The van der Waals surface area contributed by atoms with Gasteiger partial charge in [-0.25, -0.2) is 0 Å². The molecule has 1 aliphatic rings. The van der Waals surface area contributed by atoms with Crippen molar-refractivity contribution in [1.29, 1.82) is 0 Å². The molecule has 2 aromatic heterocycles. The highest BCUT2D eigenvalue weighted by atomic mass is 16.4. The molecule has 0 N–H and O–H groups in total. The molecule has 23 heavy (non-hydrogen) atoms. The first kappa shape index (κ1) is 14.1. The average Bonchev–Trinajstić information content (AvgIpc) is 3.26. The fraction of sp³-hybridized carbons (Fsp3) is 0.278. The van der Waals surface area contributed by atoms with Crippen molar-refractivity contribution in [3.8, 4) is 11.5 Å². The summed E-state index contributed by atoms with van der Waals surface area (Å²) in [7, 11) is 0. The monoisotopic (exact) mass is 306 g/mol. The Bertz CT molecular complexity index is 757. The van der Waals surface area contributed by atoms with Crippen molar-refractivity contribution in [3.05, 3.63) is 66.3 Å². The van der Waals surface area contributed by atoms with Crippen LogP contribution in [0.1, 0.15) is 23.8 Å². The van der Waals surface area contributed by atoms with Crippen molar-refractivity contribution in [1.82, 2.24) is 20.1 Å².